The van der Waals surface area contributed by atoms with Crippen LogP contribution in [0.2, 0.25) is 10.0 Å². The van der Waals surface area contributed by atoms with Crippen molar-refractivity contribution < 1.29 is 18.0 Å². The molecule has 0 unspecified atom stereocenters. The van der Waals surface area contributed by atoms with Gasteiger partial charge in [-0.1, -0.05) is 85.6 Å². The first-order valence-corrected chi connectivity index (χ1v) is 15.0. The van der Waals surface area contributed by atoms with E-state index in [9.17, 15) is 18.0 Å². The van der Waals surface area contributed by atoms with Gasteiger partial charge in [0.2, 0.25) is 11.8 Å². The molecule has 39 heavy (non-hydrogen) atoms. The molecule has 0 aliphatic rings. The van der Waals surface area contributed by atoms with Gasteiger partial charge in [-0.2, -0.15) is 0 Å². The molecule has 1 atom stereocenters. The molecule has 3 aromatic carbocycles. The topological polar surface area (TPSA) is 86.8 Å². The Hall–Kier alpha value is -3.07. The van der Waals surface area contributed by atoms with Crippen LogP contribution in [0.1, 0.15) is 32.3 Å². The van der Waals surface area contributed by atoms with E-state index in [-0.39, 0.29) is 33.1 Å². The van der Waals surface area contributed by atoms with Crippen molar-refractivity contribution in [1.29, 1.82) is 0 Å². The molecule has 0 heterocycles. The number of nitrogens with one attached hydrogen (secondary N) is 1. The van der Waals surface area contributed by atoms with Crippen LogP contribution < -0.4 is 9.62 Å². The molecule has 7 nitrogen and oxygen atoms in total. The Morgan fingerprint density at radius 2 is 1.54 bits per heavy atom. The van der Waals surface area contributed by atoms with Gasteiger partial charge in [0, 0.05) is 13.1 Å². The van der Waals surface area contributed by atoms with Crippen LogP contribution >= 0.6 is 23.2 Å². The standard InChI is InChI=1S/C29H33Cl2N3O4S/c1-3-18-32-29(36)27(4-2)33(19-17-22-11-7-5-8-12-22)28(35)21-34(23-15-16-25(30)26(31)20-23)39(37,38)24-13-9-6-10-14-24/h5-16,20,27H,3-4,17-19,21H2,1-2H3,(H,32,36)/t27-/m0/s1. The molecule has 0 aliphatic heterocycles. The third-order valence-electron chi connectivity index (χ3n) is 6.22. The minimum atomic E-state index is -4.16. The quantitative estimate of drug-likeness (QED) is 0.282. The molecular weight excluding hydrogens is 557 g/mol. The summed E-state index contributed by atoms with van der Waals surface area (Å²) in [6.45, 7) is 3.97. The van der Waals surface area contributed by atoms with E-state index in [2.05, 4.69) is 5.32 Å². The van der Waals surface area contributed by atoms with Gasteiger partial charge in [0.05, 0.1) is 20.6 Å². The molecule has 0 aliphatic carbocycles. The van der Waals surface area contributed by atoms with Gasteiger partial charge in [-0.05, 0) is 55.2 Å². The van der Waals surface area contributed by atoms with E-state index >= 15 is 0 Å². The molecule has 3 rings (SSSR count). The van der Waals surface area contributed by atoms with Crippen LogP contribution in [0.15, 0.2) is 83.8 Å². The Bertz CT molecular complexity index is 1360. The predicted octanol–water partition coefficient (Wildman–Crippen LogP) is 5.56. The molecule has 0 spiro atoms. The molecule has 208 valence electrons. The molecule has 0 saturated carbocycles. The molecule has 0 aromatic heterocycles. The summed E-state index contributed by atoms with van der Waals surface area (Å²) in [6.07, 6.45) is 1.62. The smallest absolute Gasteiger partial charge is 0.264 e. The Morgan fingerprint density at radius 3 is 2.13 bits per heavy atom. The highest BCUT2D eigenvalue weighted by atomic mass is 35.5. The minimum Gasteiger partial charge on any atom is -0.354 e. The molecule has 3 aromatic rings. The first-order chi connectivity index (χ1) is 18.7. The Kier molecular flexibility index (Phi) is 11.2. The number of anilines is 1. The molecule has 10 heteroatoms. The van der Waals surface area contributed by atoms with E-state index in [1.54, 1.807) is 18.2 Å². The van der Waals surface area contributed by atoms with Crippen molar-refractivity contribution in [1.82, 2.24) is 10.2 Å². The highest BCUT2D eigenvalue weighted by molar-refractivity contribution is 7.92. The van der Waals surface area contributed by atoms with Crippen molar-refractivity contribution in [3.63, 3.8) is 0 Å². The van der Waals surface area contributed by atoms with E-state index in [0.717, 1.165) is 16.3 Å². The van der Waals surface area contributed by atoms with E-state index < -0.39 is 28.5 Å². The fraction of sp³-hybridized carbons (Fsp3) is 0.310. The lowest BCUT2D eigenvalue weighted by atomic mass is 10.1. The van der Waals surface area contributed by atoms with Gasteiger partial charge in [-0.15, -0.1) is 0 Å². The van der Waals surface area contributed by atoms with E-state index in [4.69, 9.17) is 23.2 Å². The number of carbonyl (C=O) groups excluding carboxylic acids is 2. The van der Waals surface area contributed by atoms with Crippen molar-refractivity contribution in [2.75, 3.05) is 23.9 Å². The molecule has 0 radical (unpaired) electrons. The number of sulfonamides is 1. The third kappa shape index (κ3) is 7.97. The van der Waals surface area contributed by atoms with Crippen LogP contribution in [-0.4, -0.2) is 50.8 Å². The second-order valence-corrected chi connectivity index (χ2v) is 11.6. The number of benzene rings is 3. The van der Waals surface area contributed by atoms with E-state index in [0.29, 0.717) is 19.4 Å². The molecule has 0 bridgehead atoms. The zero-order valence-electron chi connectivity index (χ0n) is 22.0. The van der Waals surface area contributed by atoms with Crippen LogP contribution in [0.25, 0.3) is 0 Å². The summed E-state index contributed by atoms with van der Waals surface area (Å²) < 4.78 is 28.6. The fourth-order valence-corrected chi connectivity index (χ4v) is 5.87. The maximum absolute atomic E-state index is 13.9. The van der Waals surface area contributed by atoms with Crippen molar-refractivity contribution in [3.8, 4) is 0 Å². The minimum absolute atomic E-state index is 0.0208. The Balaban J connectivity index is 2.01. The number of hydrogen-bond acceptors (Lipinski definition) is 4. The SMILES string of the molecule is CCCNC(=O)[C@H](CC)N(CCc1ccccc1)C(=O)CN(c1ccc(Cl)c(Cl)c1)S(=O)(=O)c1ccccc1. The summed E-state index contributed by atoms with van der Waals surface area (Å²) in [5.74, 6) is -0.775. The van der Waals surface area contributed by atoms with Gasteiger partial charge in [-0.3, -0.25) is 13.9 Å². The number of rotatable bonds is 13. The van der Waals surface area contributed by atoms with Gasteiger partial charge < -0.3 is 10.2 Å². The maximum Gasteiger partial charge on any atom is 0.264 e. The number of nitrogens with zero attached hydrogens (tertiary/aromatic N) is 2. The summed E-state index contributed by atoms with van der Waals surface area (Å²) in [5, 5.41) is 3.29. The molecule has 2 amide bonds. The van der Waals surface area contributed by atoms with Gasteiger partial charge in [0.15, 0.2) is 0 Å². The normalized spacial score (nSPS) is 12.0. The van der Waals surface area contributed by atoms with Gasteiger partial charge in [-0.25, -0.2) is 8.42 Å². The van der Waals surface area contributed by atoms with Gasteiger partial charge in [0.1, 0.15) is 12.6 Å². The Labute approximate surface area is 240 Å². The number of carbonyl (C=O) groups is 2. The molecular formula is C29H33Cl2N3O4S. The summed E-state index contributed by atoms with van der Waals surface area (Å²) in [6, 6.07) is 21.1. The van der Waals surface area contributed by atoms with Crippen LogP contribution in [-0.2, 0) is 26.0 Å². The lowest BCUT2D eigenvalue weighted by molar-refractivity contribution is -0.139. The lowest BCUT2D eigenvalue weighted by Crippen LogP contribution is -2.53. The average molecular weight is 591 g/mol. The van der Waals surface area contributed by atoms with Crippen LogP contribution in [0, 0.1) is 0 Å². The summed E-state index contributed by atoms with van der Waals surface area (Å²) in [7, 11) is -4.16. The first-order valence-electron chi connectivity index (χ1n) is 12.8. The zero-order valence-corrected chi connectivity index (χ0v) is 24.3. The summed E-state index contributed by atoms with van der Waals surface area (Å²) >= 11 is 12.3. The Morgan fingerprint density at radius 1 is 0.897 bits per heavy atom. The number of halogens is 2. The van der Waals surface area contributed by atoms with Crippen LogP contribution in [0.4, 0.5) is 5.69 Å². The highest BCUT2D eigenvalue weighted by Crippen LogP contribution is 2.30. The third-order valence-corrected chi connectivity index (χ3v) is 8.75. The van der Waals surface area contributed by atoms with Crippen molar-refractivity contribution >= 4 is 50.7 Å². The largest absolute Gasteiger partial charge is 0.354 e. The van der Waals surface area contributed by atoms with Gasteiger partial charge >= 0.3 is 0 Å². The maximum atomic E-state index is 13.9. The monoisotopic (exact) mass is 589 g/mol. The van der Waals surface area contributed by atoms with Crippen molar-refractivity contribution in [2.24, 2.45) is 0 Å². The van der Waals surface area contributed by atoms with Crippen LogP contribution in [0.5, 0.6) is 0 Å². The predicted molar refractivity (Wildman–Crippen MR) is 157 cm³/mol. The van der Waals surface area contributed by atoms with E-state index in [1.807, 2.05) is 44.2 Å². The second-order valence-electron chi connectivity index (χ2n) is 8.96. The molecule has 0 saturated heterocycles. The number of amides is 2. The summed E-state index contributed by atoms with van der Waals surface area (Å²) in [4.78, 5) is 28.5. The second kappa shape index (κ2) is 14.4. The first kappa shape index (κ1) is 30.5. The van der Waals surface area contributed by atoms with E-state index in [1.165, 1.54) is 35.2 Å². The number of hydrogen-bond donors (Lipinski definition) is 1. The average Bonchev–Trinajstić information content (AvgIpc) is 2.95. The fourth-order valence-electron chi connectivity index (χ4n) is 4.15. The van der Waals surface area contributed by atoms with Crippen molar-refractivity contribution in [3.05, 3.63) is 94.5 Å². The molecule has 1 N–H and O–H groups in total. The lowest BCUT2D eigenvalue weighted by Gasteiger charge is -2.33. The highest BCUT2D eigenvalue weighted by Gasteiger charge is 2.33. The van der Waals surface area contributed by atoms with Crippen molar-refractivity contribution in [2.45, 2.75) is 44.0 Å². The summed E-state index contributed by atoms with van der Waals surface area (Å²) in [5.41, 5.74) is 1.19. The molecule has 0 fully saturated rings. The zero-order chi connectivity index (χ0) is 28.4. The van der Waals surface area contributed by atoms with Crippen LogP contribution in [0.3, 0.4) is 0 Å². The van der Waals surface area contributed by atoms with Gasteiger partial charge in [0.25, 0.3) is 10.0 Å².